The van der Waals surface area contributed by atoms with Crippen LogP contribution in [0.25, 0.3) is 0 Å². The topological polar surface area (TPSA) is 35.2 Å². The third-order valence-electron chi connectivity index (χ3n) is 2.77. The van der Waals surface area contributed by atoms with Crippen molar-refractivity contribution in [1.82, 2.24) is 0 Å². The lowest BCUT2D eigenvalue weighted by molar-refractivity contribution is 0.123. The Morgan fingerprint density at radius 3 is 2.43 bits per heavy atom. The summed E-state index contributed by atoms with van der Waals surface area (Å²) >= 11 is 0. The Kier molecular flexibility index (Phi) is 7.20. The normalized spacial score (nSPS) is 17.8. The quantitative estimate of drug-likeness (QED) is 0.655. The average Bonchev–Trinajstić information content (AvgIpc) is 2.12. The van der Waals surface area contributed by atoms with Gasteiger partial charge < -0.3 is 10.5 Å². The molecule has 2 unspecified atom stereocenters. The van der Waals surface area contributed by atoms with E-state index in [4.69, 9.17) is 10.5 Å². The van der Waals surface area contributed by atoms with Crippen LogP contribution in [0.3, 0.4) is 0 Å². The van der Waals surface area contributed by atoms with Gasteiger partial charge >= 0.3 is 0 Å². The van der Waals surface area contributed by atoms with E-state index in [9.17, 15) is 0 Å². The lowest BCUT2D eigenvalue weighted by Gasteiger charge is -2.28. The molecular weight excluding hydrogens is 174 g/mol. The Labute approximate surface area is 89.2 Å². The molecular formula is C12H27NO. The molecule has 0 saturated heterocycles. The summed E-state index contributed by atoms with van der Waals surface area (Å²) in [6.07, 6.45) is 6.22. The molecule has 0 radical (unpaired) electrons. The van der Waals surface area contributed by atoms with Gasteiger partial charge in [-0.15, -0.1) is 0 Å². The van der Waals surface area contributed by atoms with Gasteiger partial charge in [-0.1, -0.05) is 39.5 Å². The third kappa shape index (κ3) is 6.39. The molecule has 0 bridgehead atoms. The molecule has 2 heteroatoms. The fourth-order valence-electron chi connectivity index (χ4n) is 1.99. The van der Waals surface area contributed by atoms with Gasteiger partial charge in [-0.25, -0.2) is 0 Å². The maximum Gasteiger partial charge on any atom is 0.0639 e. The number of hydrogen-bond donors (Lipinski definition) is 1. The van der Waals surface area contributed by atoms with Crippen molar-refractivity contribution in [2.45, 2.75) is 58.4 Å². The van der Waals surface area contributed by atoms with E-state index in [-0.39, 0.29) is 5.54 Å². The summed E-state index contributed by atoms with van der Waals surface area (Å²) in [4.78, 5) is 0. The molecule has 0 heterocycles. The number of rotatable bonds is 8. The zero-order valence-electron chi connectivity index (χ0n) is 10.3. The first-order valence-corrected chi connectivity index (χ1v) is 5.83. The molecule has 0 spiro atoms. The van der Waals surface area contributed by atoms with Gasteiger partial charge in [0.25, 0.3) is 0 Å². The summed E-state index contributed by atoms with van der Waals surface area (Å²) in [6.45, 7) is 7.24. The summed E-state index contributed by atoms with van der Waals surface area (Å²) in [7, 11) is 1.72. The molecule has 0 aromatic heterocycles. The Hall–Kier alpha value is -0.0800. The number of hydrogen-bond acceptors (Lipinski definition) is 2. The molecule has 86 valence electrons. The summed E-state index contributed by atoms with van der Waals surface area (Å²) in [6, 6.07) is 0. The Balaban J connectivity index is 3.89. The molecule has 2 atom stereocenters. The van der Waals surface area contributed by atoms with Gasteiger partial charge in [0.2, 0.25) is 0 Å². The predicted octanol–water partition coefficient (Wildman–Crippen LogP) is 2.96. The maximum absolute atomic E-state index is 6.15. The van der Waals surface area contributed by atoms with Crippen LogP contribution in [0.15, 0.2) is 0 Å². The first-order valence-electron chi connectivity index (χ1n) is 5.83. The second-order valence-corrected chi connectivity index (χ2v) is 4.71. The highest BCUT2D eigenvalue weighted by molar-refractivity contribution is 4.81. The number of ether oxygens (including phenoxy) is 1. The van der Waals surface area contributed by atoms with Crippen molar-refractivity contribution in [1.29, 1.82) is 0 Å². The molecule has 2 nitrogen and oxygen atoms in total. The van der Waals surface area contributed by atoms with Gasteiger partial charge in [-0.05, 0) is 19.3 Å². The molecule has 0 aliphatic carbocycles. The second-order valence-electron chi connectivity index (χ2n) is 4.71. The highest BCUT2D eigenvalue weighted by atomic mass is 16.5. The monoisotopic (exact) mass is 201 g/mol. The Morgan fingerprint density at radius 1 is 1.36 bits per heavy atom. The minimum atomic E-state index is -0.150. The Morgan fingerprint density at radius 2 is 2.00 bits per heavy atom. The van der Waals surface area contributed by atoms with Crippen LogP contribution in [0.4, 0.5) is 0 Å². The molecule has 0 aromatic rings. The fourth-order valence-corrected chi connectivity index (χ4v) is 1.99. The van der Waals surface area contributed by atoms with E-state index < -0.39 is 0 Å². The minimum Gasteiger partial charge on any atom is -0.383 e. The van der Waals surface area contributed by atoms with Crippen LogP contribution in [0.1, 0.15) is 52.9 Å². The highest BCUT2D eigenvalue weighted by Crippen LogP contribution is 2.22. The average molecular weight is 201 g/mol. The molecule has 0 aliphatic heterocycles. The molecule has 0 aliphatic rings. The van der Waals surface area contributed by atoms with Gasteiger partial charge in [-0.3, -0.25) is 0 Å². The van der Waals surface area contributed by atoms with Crippen LogP contribution in [0.2, 0.25) is 0 Å². The first-order chi connectivity index (χ1) is 6.55. The van der Waals surface area contributed by atoms with Crippen molar-refractivity contribution in [2.75, 3.05) is 13.7 Å². The van der Waals surface area contributed by atoms with Crippen LogP contribution in [0, 0.1) is 5.92 Å². The number of methoxy groups -OCH3 is 1. The molecule has 2 N–H and O–H groups in total. The SMILES string of the molecule is CCCCC(CC)CC(C)(N)COC. The van der Waals surface area contributed by atoms with Crippen LogP contribution in [0.5, 0.6) is 0 Å². The summed E-state index contributed by atoms with van der Waals surface area (Å²) in [5.41, 5.74) is 6.00. The minimum absolute atomic E-state index is 0.150. The smallest absolute Gasteiger partial charge is 0.0639 e. The van der Waals surface area contributed by atoms with Crippen molar-refractivity contribution in [3.05, 3.63) is 0 Å². The van der Waals surface area contributed by atoms with E-state index >= 15 is 0 Å². The van der Waals surface area contributed by atoms with Crippen molar-refractivity contribution in [2.24, 2.45) is 11.7 Å². The molecule has 0 amide bonds. The lowest BCUT2D eigenvalue weighted by Crippen LogP contribution is -2.42. The van der Waals surface area contributed by atoms with Gasteiger partial charge in [0.1, 0.15) is 0 Å². The molecule has 0 fully saturated rings. The Bertz CT molecular complexity index is 134. The second kappa shape index (κ2) is 7.24. The number of nitrogens with two attached hydrogens (primary N) is 1. The molecule has 0 saturated carbocycles. The van der Waals surface area contributed by atoms with Crippen molar-refractivity contribution >= 4 is 0 Å². The van der Waals surface area contributed by atoms with Gasteiger partial charge in [0, 0.05) is 12.6 Å². The van der Waals surface area contributed by atoms with E-state index in [2.05, 4.69) is 20.8 Å². The summed E-state index contributed by atoms with van der Waals surface area (Å²) in [5, 5.41) is 0. The lowest BCUT2D eigenvalue weighted by atomic mass is 9.86. The van der Waals surface area contributed by atoms with Gasteiger partial charge in [-0.2, -0.15) is 0 Å². The van der Waals surface area contributed by atoms with Crippen molar-refractivity contribution in [3.63, 3.8) is 0 Å². The standard InChI is InChI=1S/C12H27NO/c1-5-7-8-11(6-2)9-12(3,13)10-14-4/h11H,5-10,13H2,1-4H3. The van der Waals surface area contributed by atoms with Crippen LogP contribution in [-0.4, -0.2) is 19.3 Å². The van der Waals surface area contributed by atoms with Crippen molar-refractivity contribution in [3.8, 4) is 0 Å². The van der Waals surface area contributed by atoms with Gasteiger partial charge in [0.15, 0.2) is 0 Å². The predicted molar refractivity (Wildman–Crippen MR) is 62.4 cm³/mol. The maximum atomic E-state index is 6.15. The zero-order valence-corrected chi connectivity index (χ0v) is 10.3. The highest BCUT2D eigenvalue weighted by Gasteiger charge is 2.22. The van der Waals surface area contributed by atoms with E-state index in [0.717, 1.165) is 12.3 Å². The first kappa shape index (κ1) is 13.9. The zero-order chi connectivity index (χ0) is 11.0. The van der Waals surface area contributed by atoms with Crippen LogP contribution < -0.4 is 5.73 Å². The van der Waals surface area contributed by atoms with E-state index in [1.54, 1.807) is 7.11 Å². The van der Waals surface area contributed by atoms with Gasteiger partial charge in [0.05, 0.1) is 6.61 Å². The van der Waals surface area contributed by atoms with E-state index in [1.807, 2.05) is 0 Å². The summed E-state index contributed by atoms with van der Waals surface area (Å²) in [5.74, 6) is 0.764. The fraction of sp³-hybridized carbons (Fsp3) is 1.00. The van der Waals surface area contributed by atoms with Crippen LogP contribution >= 0.6 is 0 Å². The van der Waals surface area contributed by atoms with Crippen LogP contribution in [-0.2, 0) is 4.74 Å². The summed E-state index contributed by atoms with van der Waals surface area (Å²) < 4.78 is 5.13. The molecule has 14 heavy (non-hydrogen) atoms. The van der Waals surface area contributed by atoms with Crippen molar-refractivity contribution < 1.29 is 4.74 Å². The van der Waals surface area contributed by atoms with E-state index in [0.29, 0.717) is 6.61 Å². The van der Waals surface area contributed by atoms with E-state index in [1.165, 1.54) is 25.7 Å². The third-order valence-corrected chi connectivity index (χ3v) is 2.77. The molecule has 0 rings (SSSR count). The largest absolute Gasteiger partial charge is 0.383 e. The molecule has 0 aromatic carbocycles. The number of unbranched alkanes of at least 4 members (excludes halogenated alkanes) is 1.